The highest BCUT2D eigenvalue weighted by Crippen LogP contribution is 2.27. The first-order valence-electron chi connectivity index (χ1n) is 13.8. The van der Waals surface area contributed by atoms with E-state index in [0.717, 1.165) is 32.1 Å². The van der Waals surface area contributed by atoms with Crippen molar-refractivity contribution in [1.29, 1.82) is 0 Å². The molecule has 3 atom stereocenters. The molecule has 0 saturated carbocycles. The molecule has 0 amide bonds. The standard InChI is InChI=1S/C28H51NO6/c1-5-6-7-8-9-10-11-12-13-14-15-16-17-18-19-20-21-22-29(23(2)26(30)31,24(3)27(32)33)25(4)28(34)35/h11-12,23-25H,5-10,13-22H2,1-4H3,(H2-,30,31,32,33,34,35)/p+1/b12-11+. The van der Waals surface area contributed by atoms with Crippen molar-refractivity contribution in [2.75, 3.05) is 6.54 Å². The number of hydrogen-bond donors (Lipinski definition) is 3. The lowest BCUT2D eigenvalue weighted by molar-refractivity contribution is -0.968. The van der Waals surface area contributed by atoms with Gasteiger partial charge in [-0.2, -0.15) is 0 Å². The summed E-state index contributed by atoms with van der Waals surface area (Å²) in [4.78, 5) is 35.3. The monoisotopic (exact) mass is 498 g/mol. The molecular formula is C28H52NO6+. The van der Waals surface area contributed by atoms with Crippen molar-refractivity contribution < 1.29 is 34.2 Å². The van der Waals surface area contributed by atoms with Crippen molar-refractivity contribution in [3.63, 3.8) is 0 Å². The Morgan fingerprint density at radius 2 is 0.886 bits per heavy atom. The van der Waals surface area contributed by atoms with E-state index in [9.17, 15) is 29.7 Å². The summed E-state index contributed by atoms with van der Waals surface area (Å²) in [6.45, 7) is 6.72. The van der Waals surface area contributed by atoms with Gasteiger partial charge in [0.15, 0.2) is 18.1 Å². The molecule has 0 spiro atoms. The molecule has 0 aromatic carbocycles. The lowest BCUT2D eigenvalue weighted by Gasteiger charge is -2.47. The third-order valence-electron chi connectivity index (χ3n) is 7.54. The highest BCUT2D eigenvalue weighted by atomic mass is 16.4. The smallest absolute Gasteiger partial charge is 0.362 e. The molecule has 0 aromatic rings. The molecule has 0 aliphatic heterocycles. The second-order valence-electron chi connectivity index (χ2n) is 10.1. The number of carboxylic acids is 3. The summed E-state index contributed by atoms with van der Waals surface area (Å²) in [5, 5.41) is 28.9. The lowest BCUT2D eigenvalue weighted by Crippen LogP contribution is -2.70. The molecule has 0 saturated heterocycles. The fraction of sp³-hybridized carbons (Fsp3) is 0.821. The quantitative estimate of drug-likeness (QED) is 0.0826. The van der Waals surface area contributed by atoms with Crippen molar-refractivity contribution in [2.24, 2.45) is 0 Å². The highest BCUT2D eigenvalue weighted by Gasteiger charge is 2.52. The van der Waals surface area contributed by atoms with Crippen LogP contribution in [0.1, 0.15) is 124 Å². The SMILES string of the molecule is CCCCCCC/C=C/CCCCCCCCCC[N+](C(C)C(=O)O)(C(C)C(=O)O)C(C)C(=O)O. The Morgan fingerprint density at radius 3 is 1.23 bits per heavy atom. The largest absolute Gasteiger partial charge is 0.477 e. The van der Waals surface area contributed by atoms with Crippen LogP contribution in [-0.2, 0) is 14.4 Å². The van der Waals surface area contributed by atoms with E-state index in [1.165, 1.54) is 78.6 Å². The molecule has 0 aliphatic rings. The van der Waals surface area contributed by atoms with Gasteiger partial charge in [0, 0.05) is 0 Å². The van der Waals surface area contributed by atoms with Crippen LogP contribution < -0.4 is 0 Å². The van der Waals surface area contributed by atoms with Crippen LogP contribution in [0.3, 0.4) is 0 Å². The first-order chi connectivity index (χ1) is 16.6. The van der Waals surface area contributed by atoms with E-state index in [4.69, 9.17) is 0 Å². The van der Waals surface area contributed by atoms with Gasteiger partial charge < -0.3 is 15.3 Å². The van der Waals surface area contributed by atoms with Crippen LogP contribution in [0.4, 0.5) is 0 Å². The summed E-state index contributed by atoms with van der Waals surface area (Å²) >= 11 is 0. The number of nitrogens with zero attached hydrogens (tertiary/aromatic N) is 1. The molecule has 3 unspecified atom stereocenters. The number of rotatable bonds is 23. The maximum absolute atomic E-state index is 11.8. The van der Waals surface area contributed by atoms with Crippen LogP contribution in [0.2, 0.25) is 0 Å². The highest BCUT2D eigenvalue weighted by molar-refractivity contribution is 5.77. The maximum Gasteiger partial charge on any atom is 0.362 e. The normalized spacial score (nSPS) is 16.0. The summed E-state index contributed by atoms with van der Waals surface area (Å²) in [6.07, 6.45) is 22.0. The van der Waals surface area contributed by atoms with Gasteiger partial charge in [0.05, 0.1) is 6.54 Å². The molecule has 204 valence electrons. The molecule has 0 heterocycles. The van der Waals surface area contributed by atoms with Crippen LogP contribution in [0.15, 0.2) is 12.2 Å². The number of unbranched alkanes of at least 4 members (excludes halogenated alkanes) is 13. The fourth-order valence-electron chi connectivity index (χ4n) is 5.01. The summed E-state index contributed by atoms with van der Waals surface area (Å²) < 4.78 is -0.480. The van der Waals surface area contributed by atoms with Crippen molar-refractivity contribution >= 4 is 17.9 Å². The Kier molecular flexibility index (Phi) is 18.3. The molecular weight excluding hydrogens is 446 g/mol. The van der Waals surface area contributed by atoms with Crippen LogP contribution >= 0.6 is 0 Å². The van der Waals surface area contributed by atoms with Gasteiger partial charge in [0.2, 0.25) is 0 Å². The summed E-state index contributed by atoms with van der Waals surface area (Å²) in [7, 11) is 0. The Morgan fingerprint density at radius 1 is 0.571 bits per heavy atom. The van der Waals surface area contributed by atoms with Gasteiger partial charge in [0.25, 0.3) is 0 Å². The molecule has 7 nitrogen and oxygen atoms in total. The predicted molar refractivity (Wildman–Crippen MR) is 140 cm³/mol. The van der Waals surface area contributed by atoms with E-state index in [2.05, 4.69) is 19.1 Å². The van der Waals surface area contributed by atoms with Gasteiger partial charge in [-0.3, -0.25) is 4.48 Å². The molecule has 3 N–H and O–H groups in total. The molecule has 0 radical (unpaired) electrons. The lowest BCUT2D eigenvalue weighted by atomic mass is 10.00. The Hall–Kier alpha value is -1.89. The number of aliphatic carboxylic acids is 3. The van der Waals surface area contributed by atoms with E-state index >= 15 is 0 Å². The van der Waals surface area contributed by atoms with Crippen LogP contribution in [0.25, 0.3) is 0 Å². The van der Waals surface area contributed by atoms with Crippen molar-refractivity contribution in [3.05, 3.63) is 12.2 Å². The van der Waals surface area contributed by atoms with E-state index in [0.29, 0.717) is 6.42 Å². The fourth-order valence-corrected chi connectivity index (χ4v) is 5.01. The van der Waals surface area contributed by atoms with E-state index in [1.54, 1.807) is 0 Å². The molecule has 0 fully saturated rings. The third kappa shape index (κ3) is 12.6. The van der Waals surface area contributed by atoms with Gasteiger partial charge in [-0.05, 0) is 59.3 Å². The van der Waals surface area contributed by atoms with E-state index in [-0.39, 0.29) is 6.54 Å². The van der Waals surface area contributed by atoms with Crippen LogP contribution in [-0.4, -0.2) is 62.4 Å². The summed E-state index contributed by atoms with van der Waals surface area (Å²) in [5.74, 6) is -3.52. The van der Waals surface area contributed by atoms with Gasteiger partial charge in [-0.15, -0.1) is 0 Å². The Labute approximate surface area is 213 Å². The number of carbonyl (C=O) groups is 3. The molecule has 0 aromatic heterocycles. The minimum atomic E-state index is -1.17. The number of hydrogen-bond acceptors (Lipinski definition) is 3. The van der Waals surface area contributed by atoms with Crippen LogP contribution in [0, 0.1) is 0 Å². The molecule has 0 rings (SSSR count). The molecule has 35 heavy (non-hydrogen) atoms. The zero-order chi connectivity index (χ0) is 26.7. The van der Waals surface area contributed by atoms with Crippen molar-refractivity contribution in [2.45, 2.75) is 142 Å². The zero-order valence-corrected chi connectivity index (χ0v) is 22.7. The number of carboxylic acid groups (broad SMARTS) is 3. The Bertz CT molecular complexity index is 583. The van der Waals surface area contributed by atoms with Crippen molar-refractivity contribution in [1.82, 2.24) is 0 Å². The second-order valence-corrected chi connectivity index (χ2v) is 10.1. The maximum atomic E-state index is 11.8. The average Bonchev–Trinajstić information content (AvgIpc) is 2.82. The first kappa shape index (κ1) is 33.1. The summed E-state index contributed by atoms with van der Waals surface area (Å²) in [6, 6.07) is -3.37. The summed E-state index contributed by atoms with van der Waals surface area (Å²) in [5.41, 5.74) is 0. The molecule has 7 heteroatoms. The average molecular weight is 499 g/mol. The first-order valence-corrected chi connectivity index (χ1v) is 13.8. The van der Waals surface area contributed by atoms with Crippen molar-refractivity contribution in [3.8, 4) is 0 Å². The van der Waals surface area contributed by atoms with Crippen LogP contribution in [0.5, 0.6) is 0 Å². The van der Waals surface area contributed by atoms with E-state index < -0.39 is 40.5 Å². The predicted octanol–water partition coefficient (Wildman–Crippen LogP) is 6.65. The molecule has 0 aliphatic carbocycles. The Balaban J connectivity index is 4.29. The second kappa shape index (κ2) is 19.3. The van der Waals surface area contributed by atoms with E-state index in [1.807, 2.05) is 0 Å². The van der Waals surface area contributed by atoms with Gasteiger partial charge in [-0.25, -0.2) is 14.4 Å². The van der Waals surface area contributed by atoms with Gasteiger partial charge in [-0.1, -0.05) is 76.9 Å². The van der Waals surface area contributed by atoms with Gasteiger partial charge in [0.1, 0.15) is 0 Å². The molecule has 0 bridgehead atoms. The zero-order valence-electron chi connectivity index (χ0n) is 22.7. The topological polar surface area (TPSA) is 112 Å². The number of quaternary nitrogens is 1. The minimum absolute atomic E-state index is 0.222. The van der Waals surface area contributed by atoms with Gasteiger partial charge >= 0.3 is 17.9 Å². The third-order valence-corrected chi connectivity index (χ3v) is 7.54. The minimum Gasteiger partial charge on any atom is -0.477 e. The number of allylic oxidation sites excluding steroid dienone is 2.